The molecule has 1 amide bonds. The monoisotopic (exact) mass is 254 g/mol. The van der Waals surface area contributed by atoms with Gasteiger partial charge in [0.05, 0.1) is 6.54 Å². The van der Waals surface area contributed by atoms with Crippen LogP contribution in [0.3, 0.4) is 0 Å². The van der Waals surface area contributed by atoms with Crippen LogP contribution >= 0.6 is 0 Å². The van der Waals surface area contributed by atoms with Gasteiger partial charge in [-0.05, 0) is 38.5 Å². The molecule has 0 aliphatic heterocycles. The van der Waals surface area contributed by atoms with E-state index in [9.17, 15) is 14.7 Å². The number of carbonyl (C=O) groups excluding carboxylic acids is 1. The molecule has 5 heteroatoms. The Bertz CT molecular complexity index is 335. The van der Waals surface area contributed by atoms with Crippen molar-refractivity contribution in [3.05, 3.63) is 0 Å². The van der Waals surface area contributed by atoms with E-state index in [2.05, 4.69) is 10.6 Å². The smallest absolute Gasteiger partial charge is 0.329 e. The average molecular weight is 254 g/mol. The fourth-order valence-electron chi connectivity index (χ4n) is 2.69. The summed E-state index contributed by atoms with van der Waals surface area (Å²) in [7, 11) is 0. The van der Waals surface area contributed by atoms with Crippen LogP contribution in [0.25, 0.3) is 0 Å². The van der Waals surface area contributed by atoms with E-state index >= 15 is 0 Å². The summed E-state index contributed by atoms with van der Waals surface area (Å²) < 4.78 is 0. The second kappa shape index (κ2) is 5.26. The predicted molar refractivity (Wildman–Crippen MR) is 67.2 cm³/mol. The molecule has 2 fully saturated rings. The van der Waals surface area contributed by atoms with E-state index in [-0.39, 0.29) is 18.4 Å². The van der Waals surface area contributed by atoms with Gasteiger partial charge in [-0.2, -0.15) is 0 Å². The Kier molecular flexibility index (Phi) is 3.90. The number of nitrogens with one attached hydrogen (secondary N) is 2. The molecule has 0 saturated heterocycles. The first-order valence-electron chi connectivity index (χ1n) is 6.80. The third-order valence-electron chi connectivity index (χ3n) is 4.14. The molecule has 102 valence electrons. The standard InChI is InChI=1S/C13H22N2O3/c1-13(12(17)18,9-6-7-9)15-11(16)8-14-10-4-2-3-5-10/h9-10,14H,2-8H2,1H3,(H,15,16)(H,17,18). The van der Waals surface area contributed by atoms with Crippen molar-refractivity contribution < 1.29 is 14.7 Å². The Hall–Kier alpha value is -1.10. The van der Waals surface area contributed by atoms with Gasteiger partial charge < -0.3 is 15.7 Å². The third kappa shape index (κ3) is 3.02. The first kappa shape index (κ1) is 13.3. The molecule has 3 N–H and O–H groups in total. The minimum absolute atomic E-state index is 0.0884. The Morgan fingerprint density at radius 2 is 1.83 bits per heavy atom. The van der Waals surface area contributed by atoms with E-state index in [4.69, 9.17) is 0 Å². The van der Waals surface area contributed by atoms with E-state index in [0.717, 1.165) is 25.7 Å². The lowest BCUT2D eigenvalue weighted by Crippen LogP contribution is -2.56. The van der Waals surface area contributed by atoms with Crippen molar-refractivity contribution >= 4 is 11.9 Å². The second-order valence-electron chi connectivity index (χ2n) is 5.69. The Balaban J connectivity index is 1.79. The zero-order valence-electron chi connectivity index (χ0n) is 10.9. The van der Waals surface area contributed by atoms with Gasteiger partial charge in [0, 0.05) is 6.04 Å². The molecule has 2 aliphatic rings. The molecular formula is C13H22N2O3. The van der Waals surface area contributed by atoms with E-state index in [0.29, 0.717) is 6.04 Å². The lowest BCUT2D eigenvalue weighted by atomic mass is 9.96. The van der Waals surface area contributed by atoms with Gasteiger partial charge in [-0.1, -0.05) is 12.8 Å². The molecule has 0 aromatic heterocycles. The normalized spacial score (nSPS) is 23.6. The van der Waals surface area contributed by atoms with Gasteiger partial charge in [0.1, 0.15) is 5.54 Å². The quantitative estimate of drug-likeness (QED) is 0.657. The summed E-state index contributed by atoms with van der Waals surface area (Å²) in [5.41, 5.74) is -1.09. The molecule has 2 rings (SSSR count). The van der Waals surface area contributed by atoms with Crippen LogP contribution in [0.2, 0.25) is 0 Å². The Morgan fingerprint density at radius 1 is 1.22 bits per heavy atom. The Labute approximate surface area is 107 Å². The van der Waals surface area contributed by atoms with Crippen molar-refractivity contribution in [2.24, 2.45) is 5.92 Å². The van der Waals surface area contributed by atoms with Gasteiger partial charge in [0.25, 0.3) is 0 Å². The molecular weight excluding hydrogens is 232 g/mol. The number of aliphatic carboxylic acids is 1. The van der Waals surface area contributed by atoms with Gasteiger partial charge in [0.2, 0.25) is 5.91 Å². The maximum Gasteiger partial charge on any atom is 0.329 e. The summed E-state index contributed by atoms with van der Waals surface area (Å²) in [5, 5.41) is 15.1. The number of rotatable bonds is 6. The highest BCUT2D eigenvalue weighted by atomic mass is 16.4. The summed E-state index contributed by atoms with van der Waals surface area (Å²) in [5.74, 6) is -1.05. The number of carboxylic acids is 1. The summed E-state index contributed by atoms with van der Waals surface area (Å²) in [4.78, 5) is 23.1. The van der Waals surface area contributed by atoms with Gasteiger partial charge >= 0.3 is 5.97 Å². The zero-order chi connectivity index (χ0) is 13.2. The third-order valence-corrected chi connectivity index (χ3v) is 4.14. The Morgan fingerprint density at radius 3 is 2.33 bits per heavy atom. The molecule has 0 spiro atoms. The van der Waals surface area contributed by atoms with Crippen LogP contribution in [0.1, 0.15) is 45.4 Å². The van der Waals surface area contributed by atoms with Crippen LogP contribution in [0.4, 0.5) is 0 Å². The van der Waals surface area contributed by atoms with Crippen LogP contribution in [0.15, 0.2) is 0 Å². The number of carboxylic acid groups (broad SMARTS) is 1. The first-order valence-corrected chi connectivity index (χ1v) is 6.80. The lowest BCUT2D eigenvalue weighted by Gasteiger charge is -2.26. The molecule has 18 heavy (non-hydrogen) atoms. The molecule has 0 radical (unpaired) electrons. The van der Waals surface area contributed by atoms with Crippen LogP contribution in [0, 0.1) is 5.92 Å². The molecule has 0 heterocycles. The molecule has 1 atom stereocenters. The van der Waals surface area contributed by atoms with Crippen molar-refractivity contribution in [3.63, 3.8) is 0 Å². The van der Waals surface area contributed by atoms with Crippen molar-refractivity contribution in [1.82, 2.24) is 10.6 Å². The van der Waals surface area contributed by atoms with E-state index in [1.54, 1.807) is 6.92 Å². The number of carbonyl (C=O) groups is 2. The van der Waals surface area contributed by atoms with Gasteiger partial charge in [0.15, 0.2) is 0 Å². The van der Waals surface area contributed by atoms with Crippen LogP contribution in [0.5, 0.6) is 0 Å². The molecule has 0 aromatic rings. The molecule has 0 aromatic carbocycles. The van der Waals surface area contributed by atoms with Crippen molar-refractivity contribution in [2.75, 3.05) is 6.54 Å². The van der Waals surface area contributed by atoms with E-state index in [1.165, 1.54) is 12.8 Å². The van der Waals surface area contributed by atoms with Crippen molar-refractivity contribution in [2.45, 2.75) is 57.0 Å². The summed E-state index contributed by atoms with van der Waals surface area (Å²) in [6.07, 6.45) is 6.44. The minimum Gasteiger partial charge on any atom is -0.480 e. The van der Waals surface area contributed by atoms with Gasteiger partial charge in [-0.25, -0.2) is 4.79 Å². The zero-order valence-corrected chi connectivity index (χ0v) is 10.9. The second-order valence-corrected chi connectivity index (χ2v) is 5.69. The average Bonchev–Trinajstić information content (AvgIpc) is 3.04. The summed E-state index contributed by atoms with van der Waals surface area (Å²) in [6, 6.07) is 0.424. The molecule has 5 nitrogen and oxygen atoms in total. The predicted octanol–water partition coefficient (Wildman–Crippen LogP) is 0.888. The maximum atomic E-state index is 11.8. The highest BCUT2D eigenvalue weighted by Crippen LogP contribution is 2.39. The summed E-state index contributed by atoms with van der Waals surface area (Å²) in [6.45, 7) is 1.83. The topological polar surface area (TPSA) is 78.4 Å². The van der Waals surface area contributed by atoms with E-state index < -0.39 is 11.5 Å². The molecule has 1 unspecified atom stereocenters. The van der Waals surface area contributed by atoms with Gasteiger partial charge in [-0.3, -0.25) is 4.79 Å². The number of hydrogen-bond donors (Lipinski definition) is 3. The lowest BCUT2D eigenvalue weighted by molar-refractivity contribution is -0.147. The highest BCUT2D eigenvalue weighted by Gasteiger charge is 2.48. The number of amides is 1. The summed E-state index contributed by atoms with van der Waals surface area (Å²) >= 11 is 0. The fourth-order valence-corrected chi connectivity index (χ4v) is 2.69. The molecule has 2 aliphatic carbocycles. The SMILES string of the molecule is CC(NC(=O)CNC1CCCC1)(C(=O)O)C1CC1. The van der Waals surface area contributed by atoms with Crippen LogP contribution < -0.4 is 10.6 Å². The first-order chi connectivity index (χ1) is 8.52. The number of hydrogen-bond acceptors (Lipinski definition) is 3. The fraction of sp³-hybridized carbons (Fsp3) is 0.846. The van der Waals surface area contributed by atoms with Crippen molar-refractivity contribution in [1.29, 1.82) is 0 Å². The van der Waals surface area contributed by atoms with Gasteiger partial charge in [-0.15, -0.1) is 0 Å². The largest absolute Gasteiger partial charge is 0.480 e. The molecule has 0 bridgehead atoms. The van der Waals surface area contributed by atoms with E-state index in [1.807, 2.05) is 0 Å². The van der Waals surface area contributed by atoms with Crippen LogP contribution in [-0.4, -0.2) is 35.1 Å². The van der Waals surface area contributed by atoms with Crippen molar-refractivity contribution in [3.8, 4) is 0 Å². The minimum atomic E-state index is -1.09. The highest BCUT2D eigenvalue weighted by molar-refractivity contribution is 5.88. The van der Waals surface area contributed by atoms with Crippen LogP contribution in [-0.2, 0) is 9.59 Å². The molecule has 2 saturated carbocycles. The maximum absolute atomic E-state index is 11.8.